The molecule has 0 aromatic rings. The molecule has 1 unspecified atom stereocenters. The van der Waals surface area contributed by atoms with E-state index in [9.17, 15) is 0 Å². The van der Waals surface area contributed by atoms with Crippen molar-refractivity contribution in [1.29, 1.82) is 0 Å². The van der Waals surface area contributed by atoms with Crippen molar-refractivity contribution >= 4 is 0 Å². The fourth-order valence-corrected chi connectivity index (χ4v) is 2.21. The van der Waals surface area contributed by atoms with Crippen LogP contribution in [0.15, 0.2) is 12.2 Å². The lowest BCUT2D eigenvalue weighted by molar-refractivity contribution is 0.0709. The summed E-state index contributed by atoms with van der Waals surface area (Å²) in [6, 6.07) is 0. The summed E-state index contributed by atoms with van der Waals surface area (Å²) in [5.41, 5.74) is 0. The number of hydrogen-bond acceptors (Lipinski definition) is 3. The van der Waals surface area contributed by atoms with Crippen LogP contribution in [0.4, 0.5) is 0 Å². The summed E-state index contributed by atoms with van der Waals surface area (Å²) in [5.74, 6) is 0.668. The molecule has 2 rings (SSSR count). The molecule has 3 heteroatoms. The second-order valence-electron chi connectivity index (χ2n) is 4.46. The van der Waals surface area contributed by atoms with Gasteiger partial charge in [-0.3, -0.25) is 4.90 Å². The van der Waals surface area contributed by atoms with Gasteiger partial charge >= 0.3 is 0 Å². The molecule has 2 aliphatic heterocycles. The minimum absolute atomic E-state index is 0.668. The Morgan fingerprint density at radius 2 is 2.20 bits per heavy atom. The van der Waals surface area contributed by atoms with Crippen LogP contribution < -0.4 is 5.32 Å². The molecule has 3 nitrogen and oxygen atoms in total. The van der Waals surface area contributed by atoms with Crippen LogP contribution in [0.2, 0.25) is 0 Å². The average molecular weight is 210 g/mol. The lowest BCUT2D eigenvalue weighted by Gasteiger charge is -2.26. The molecule has 0 aromatic heterocycles. The van der Waals surface area contributed by atoms with Gasteiger partial charge in [-0.15, -0.1) is 0 Å². The molecular formula is C12H22N2O. The number of piperazine rings is 1. The molecule has 0 amide bonds. The van der Waals surface area contributed by atoms with E-state index in [4.69, 9.17) is 4.74 Å². The second-order valence-corrected chi connectivity index (χ2v) is 4.46. The zero-order chi connectivity index (χ0) is 10.3. The molecule has 86 valence electrons. The predicted octanol–water partition coefficient (Wildman–Crippen LogP) is 0.874. The lowest BCUT2D eigenvalue weighted by Crippen LogP contribution is -2.43. The summed E-state index contributed by atoms with van der Waals surface area (Å²) < 4.78 is 5.45. The third kappa shape index (κ3) is 3.93. The fourth-order valence-electron chi connectivity index (χ4n) is 2.21. The van der Waals surface area contributed by atoms with E-state index in [1.54, 1.807) is 0 Å². The third-order valence-electron chi connectivity index (χ3n) is 3.18. The van der Waals surface area contributed by atoms with E-state index in [2.05, 4.69) is 22.4 Å². The Kier molecular flexibility index (Phi) is 4.64. The van der Waals surface area contributed by atoms with Gasteiger partial charge in [-0.2, -0.15) is 0 Å². The van der Waals surface area contributed by atoms with Crippen LogP contribution in [0.1, 0.15) is 12.8 Å². The zero-order valence-electron chi connectivity index (χ0n) is 9.45. The van der Waals surface area contributed by atoms with Crippen molar-refractivity contribution in [3.63, 3.8) is 0 Å². The van der Waals surface area contributed by atoms with Crippen molar-refractivity contribution in [1.82, 2.24) is 10.2 Å². The van der Waals surface area contributed by atoms with E-state index >= 15 is 0 Å². The quantitative estimate of drug-likeness (QED) is 0.700. The predicted molar refractivity (Wildman–Crippen MR) is 62.0 cm³/mol. The first-order valence-electron chi connectivity index (χ1n) is 6.12. The van der Waals surface area contributed by atoms with Crippen LogP contribution in [-0.2, 0) is 4.74 Å². The smallest absolute Gasteiger partial charge is 0.0528 e. The highest BCUT2D eigenvalue weighted by Gasteiger charge is 2.11. The summed E-state index contributed by atoms with van der Waals surface area (Å²) in [5, 5.41) is 3.37. The molecule has 0 aromatic carbocycles. The van der Waals surface area contributed by atoms with Gasteiger partial charge in [0, 0.05) is 45.2 Å². The molecule has 15 heavy (non-hydrogen) atoms. The number of ether oxygens (including phenoxy) is 1. The van der Waals surface area contributed by atoms with Crippen LogP contribution >= 0.6 is 0 Å². The molecule has 2 fully saturated rings. The highest BCUT2D eigenvalue weighted by molar-refractivity contribution is 4.92. The van der Waals surface area contributed by atoms with Crippen molar-refractivity contribution in [2.75, 3.05) is 45.9 Å². The SMILES string of the molecule is C(=C/C1CCCOC1)/CN1CCNCC1. The monoisotopic (exact) mass is 210 g/mol. The van der Waals surface area contributed by atoms with E-state index in [-0.39, 0.29) is 0 Å². The summed E-state index contributed by atoms with van der Waals surface area (Å²) in [7, 11) is 0. The van der Waals surface area contributed by atoms with Gasteiger partial charge < -0.3 is 10.1 Å². The fraction of sp³-hybridized carbons (Fsp3) is 0.833. The van der Waals surface area contributed by atoms with Gasteiger partial charge in [0.2, 0.25) is 0 Å². The Hall–Kier alpha value is -0.380. The van der Waals surface area contributed by atoms with Crippen molar-refractivity contribution in [2.45, 2.75) is 12.8 Å². The van der Waals surface area contributed by atoms with E-state index in [0.717, 1.165) is 32.8 Å². The number of nitrogens with zero attached hydrogens (tertiary/aromatic N) is 1. The highest BCUT2D eigenvalue weighted by Crippen LogP contribution is 2.14. The Balaban J connectivity index is 1.64. The van der Waals surface area contributed by atoms with Crippen molar-refractivity contribution in [3.8, 4) is 0 Å². The molecule has 0 bridgehead atoms. The van der Waals surface area contributed by atoms with Gasteiger partial charge in [0.05, 0.1) is 6.61 Å². The first kappa shape index (κ1) is 11.1. The molecule has 2 saturated heterocycles. The number of hydrogen-bond donors (Lipinski definition) is 1. The largest absolute Gasteiger partial charge is 0.381 e. The van der Waals surface area contributed by atoms with E-state index in [0.29, 0.717) is 5.92 Å². The zero-order valence-corrected chi connectivity index (χ0v) is 9.45. The van der Waals surface area contributed by atoms with Crippen molar-refractivity contribution in [3.05, 3.63) is 12.2 Å². The van der Waals surface area contributed by atoms with Crippen LogP contribution in [0.3, 0.4) is 0 Å². The molecule has 2 aliphatic rings. The number of nitrogens with one attached hydrogen (secondary N) is 1. The van der Waals surface area contributed by atoms with Gasteiger partial charge in [0.25, 0.3) is 0 Å². The highest BCUT2D eigenvalue weighted by atomic mass is 16.5. The molecule has 2 heterocycles. The molecule has 0 spiro atoms. The maximum absolute atomic E-state index is 5.45. The van der Waals surface area contributed by atoms with Crippen LogP contribution in [-0.4, -0.2) is 50.8 Å². The number of rotatable bonds is 3. The van der Waals surface area contributed by atoms with Gasteiger partial charge in [0.1, 0.15) is 0 Å². The van der Waals surface area contributed by atoms with E-state index in [1.807, 2.05) is 0 Å². The Morgan fingerprint density at radius 3 is 2.93 bits per heavy atom. The first-order chi connectivity index (χ1) is 7.45. The average Bonchev–Trinajstić information content (AvgIpc) is 2.32. The normalized spacial score (nSPS) is 29.7. The van der Waals surface area contributed by atoms with Crippen LogP contribution in [0.25, 0.3) is 0 Å². The van der Waals surface area contributed by atoms with Gasteiger partial charge in [0.15, 0.2) is 0 Å². The molecule has 0 radical (unpaired) electrons. The van der Waals surface area contributed by atoms with E-state index < -0.39 is 0 Å². The molecule has 1 atom stereocenters. The standard InChI is InChI=1S/C12H22N2O/c1(3-12-4-2-10-15-11-12)7-14-8-5-13-6-9-14/h1,3,12-13H,2,4-11H2/b3-1-. The maximum atomic E-state index is 5.45. The first-order valence-corrected chi connectivity index (χ1v) is 6.12. The Morgan fingerprint density at radius 1 is 1.33 bits per heavy atom. The van der Waals surface area contributed by atoms with E-state index in [1.165, 1.54) is 25.9 Å². The van der Waals surface area contributed by atoms with Gasteiger partial charge in [-0.25, -0.2) is 0 Å². The van der Waals surface area contributed by atoms with Crippen LogP contribution in [0, 0.1) is 5.92 Å². The second kappa shape index (κ2) is 6.26. The van der Waals surface area contributed by atoms with Gasteiger partial charge in [-0.1, -0.05) is 12.2 Å². The topological polar surface area (TPSA) is 24.5 Å². The minimum atomic E-state index is 0.668. The summed E-state index contributed by atoms with van der Waals surface area (Å²) in [4.78, 5) is 2.50. The van der Waals surface area contributed by atoms with Crippen LogP contribution in [0.5, 0.6) is 0 Å². The lowest BCUT2D eigenvalue weighted by atomic mass is 10.0. The molecule has 1 N–H and O–H groups in total. The minimum Gasteiger partial charge on any atom is -0.381 e. The van der Waals surface area contributed by atoms with Crippen molar-refractivity contribution < 1.29 is 4.74 Å². The van der Waals surface area contributed by atoms with Gasteiger partial charge in [-0.05, 0) is 12.8 Å². The Bertz CT molecular complexity index is 194. The molecule has 0 aliphatic carbocycles. The Labute approximate surface area is 92.5 Å². The summed E-state index contributed by atoms with van der Waals surface area (Å²) in [6.45, 7) is 7.65. The maximum Gasteiger partial charge on any atom is 0.0528 e. The summed E-state index contributed by atoms with van der Waals surface area (Å²) >= 11 is 0. The molecule has 0 saturated carbocycles. The summed E-state index contributed by atoms with van der Waals surface area (Å²) in [6.07, 6.45) is 7.20. The van der Waals surface area contributed by atoms with Crippen molar-refractivity contribution in [2.24, 2.45) is 5.92 Å². The third-order valence-corrected chi connectivity index (χ3v) is 3.18. The molecular weight excluding hydrogens is 188 g/mol.